The van der Waals surface area contributed by atoms with Crippen molar-refractivity contribution in [2.24, 2.45) is 10.7 Å². The lowest BCUT2D eigenvalue weighted by molar-refractivity contribution is -0.140. The lowest BCUT2D eigenvalue weighted by atomic mass is 10.2. The van der Waals surface area contributed by atoms with Crippen molar-refractivity contribution in [3.8, 4) is 0 Å². The molecule has 0 bridgehead atoms. The molecular weight excluding hydrogens is 376 g/mol. The van der Waals surface area contributed by atoms with Crippen LogP contribution in [0.15, 0.2) is 28.2 Å². The van der Waals surface area contributed by atoms with Gasteiger partial charge in [0.15, 0.2) is 5.96 Å². The Morgan fingerprint density at radius 1 is 1.52 bits per heavy atom. The Labute approximate surface area is 152 Å². The zero-order chi connectivity index (χ0) is 18.9. The summed E-state index contributed by atoms with van der Waals surface area (Å²) in [5, 5.41) is 7.84. The fraction of sp³-hybridized carbons (Fsp3) is 0.429. The summed E-state index contributed by atoms with van der Waals surface area (Å²) in [6.07, 6.45) is 1.16. The zero-order valence-electron chi connectivity index (χ0n) is 13.4. The number of hydrogen-bond acceptors (Lipinski definition) is 6. The van der Waals surface area contributed by atoms with Gasteiger partial charge in [-0.25, -0.2) is 9.98 Å². The average Bonchev–Trinajstić information content (AvgIpc) is 2.52. The summed E-state index contributed by atoms with van der Waals surface area (Å²) in [6.45, 7) is -0.952. The molecule has 0 radical (unpaired) electrons. The SMILES string of the molecule is COC(=O)CCCC(=N)Sc1cccc(NC(N)=NCC(F)(F)Cl)n1. The molecule has 0 atom stereocenters. The fourth-order valence-electron chi connectivity index (χ4n) is 1.56. The van der Waals surface area contributed by atoms with Crippen molar-refractivity contribution in [3.05, 3.63) is 18.2 Å². The minimum Gasteiger partial charge on any atom is -0.469 e. The number of methoxy groups -OCH3 is 1. The number of nitrogens with one attached hydrogen (secondary N) is 2. The van der Waals surface area contributed by atoms with E-state index in [1.807, 2.05) is 0 Å². The van der Waals surface area contributed by atoms with E-state index >= 15 is 0 Å². The van der Waals surface area contributed by atoms with Gasteiger partial charge in [-0.3, -0.25) is 10.2 Å². The molecule has 25 heavy (non-hydrogen) atoms. The molecule has 0 aliphatic carbocycles. The van der Waals surface area contributed by atoms with Crippen LogP contribution in [0.5, 0.6) is 0 Å². The average molecular weight is 394 g/mol. The molecule has 4 N–H and O–H groups in total. The minimum absolute atomic E-state index is 0.243. The van der Waals surface area contributed by atoms with Crippen LogP contribution in [0.4, 0.5) is 14.6 Å². The predicted molar refractivity (Wildman–Crippen MR) is 94.6 cm³/mol. The van der Waals surface area contributed by atoms with Crippen LogP contribution in [0.2, 0.25) is 0 Å². The van der Waals surface area contributed by atoms with E-state index in [0.717, 1.165) is 11.8 Å². The number of rotatable bonds is 8. The molecule has 7 nitrogen and oxygen atoms in total. The maximum absolute atomic E-state index is 12.5. The third-order valence-electron chi connectivity index (χ3n) is 2.65. The van der Waals surface area contributed by atoms with E-state index in [0.29, 0.717) is 28.7 Å². The molecule has 0 fully saturated rings. The van der Waals surface area contributed by atoms with Gasteiger partial charge in [-0.2, -0.15) is 8.78 Å². The van der Waals surface area contributed by atoms with E-state index in [9.17, 15) is 13.6 Å². The number of thioether (sulfide) groups is 1. The number of carbonyl (C=O) groups is 1. The molecule has 138 valence electrons. The molecule has 1 rings (SSSR count). The lowest BCUT2D eigenvalue weighted by Gasteiger charge is -2.08. The molecule has 0 spiro atoms. The second kappa shape index (κ2) is 10.1. The largest absolute Gasteiger partial charge is 0.469 e. The van der Waals surface area contributed by atoms with Gasteiger partial charge < -0.3 is 15.8 Å². The maximum Gasteiger partial charge on any atom is 0.341 e. The number of nitrogens with two attached hydrogens (primary N) is 1. The van der Waals surface area contributed by atoms with Gasteiger partial charge in [0.2, 0.25) is 0 Å². The zero-order valence-corrected chi connectivity index (χ0v) is 15.0. The number of esters is 1. The number of ether oxygens (including phenoxy) is 1. The molecule has 0 saturated heterocycles. The second-order valence-corrected chi connectivity index (χ2v) is 6.43. The highest BCUT2D eigenvalue weighted by atomic mass is 35.5. The number of anilines is 1. The summed E-state index contributed by atoms with van der Waals surface area (Å²) in [5.41, 5.74) is 5.49. The summed E-state index contributed by atoms with van der Waals surface area (Å²) < 4.78 is 29.5. The quantitative estimate of drug-likeness (QED) is 0.206. The first-order chi connectivity index (χ1) is 11.7. The summed E-state index contributed by atoms with van der Waals surface area (Å²) in [7, 11) is 1.31. The number of halogens is 3. The third-order valence-corrected chi connectivity index (χ3v) is 3.66. The van der Waals surface area contributed by atoms with Crippen LogP contribution in [0.3, 0.4) is 0 Å². The highest BCUT2D eigenvalue weighted by Crippen LogP contribution is 2.21. The topological polar surface area (TPSA) is 113 Å². The first kappa shape index (κ1) is 21.1. The highest BCUT2D eigenvalue weighted by molar-refractivity contribution is 8.13. The monoisotopic (exact) mass is 393 g/mol. The highest BCUT2D eigenvalue weighted by Gasteiger charge is 2.23. The van der Waals surface area contributed by atoms with Gasteiger partial charge in [-0.05, 0) is 36.6 Å². The van der Waals surface area contributed by atoms with E-state index < -0.39 is 11.9 Å². The Bertz CT molecular complexity index is 640. The van der Waals surface area contributed by atoms with Crippen molar-refractivity contribution in [1.29, 1.82) is 5.41 Å². The summed E-state index contributed by atoms with van der Waals surface area (Å²) in [6, 6.07) is 4.93. The Morgan fingerprint density at radius 3 is 2.88 bits per heavy atom. The van der Waals surface area contributed by atoms with Crippen molar-refractivity contribution < 1.29 is 18.3 Å². The molecule has 1 aromatic rings. The Kier molecular flexibility index (Phi) is 8.56. The molecule has 1 aromatic heterocycles. The predicted octanol–water partition coefficient (Wildman–Crippen LogP) is 3.05. The number of aromatic nitrogens is 1. The molecule has 0 aromatic carbocycles. The molecule has 0 unspecified atom stereocenters. The van der Waals surface area contributed by atoms with Crippen LogP contribution < -0.4 is 11.1 Å². The van der Waals surface area contributed by atoms with Gasteiger partial charge in [0.1, 0.15) is 17.4 Å². The van der Waals surface area contributed by atoms with Crippen molar-refractivity contribution >= 4 is 46.2 Å². The Balaban J connectivity index is 2.54. The Morgan fingerprint density at radius 2 is 2.24 bits per heavy atom. The number of pyridine rings is 1. The van der Waals surface area contributed by atoms with Gasteiger partial charge in [0, 0.05) is 6.42 Å². The van der Waals surface area contributed by atoms with Crippen LogP contribution in [0.25, 0.3) is 0 Å². The minimum atomic E-state index is -3.46. The standard InChI is InChI=1S/C14H18ClF2N5O2S/c1-24-12(23)7-2-4-9(18)25-11-6-3-5-10(21-11)22-13(19)20-8-14(15,16)17/h3,5-6,18H,2,4,7-8H2,1H3,(H3,19,20,21,22). The summed E-state index contributed by atoms with van der Waals surface area (Å²) in [5.74, 6) is -0.269. The molecular formula is C14H18ClF2N5O2S. The first-order valence-corrected chi connectivity index (χ1v) is 8.32. The number of nitrogens with zero attached hydrogens (tertiary/aromatic N) is 2. The van der Waals surface area contributed by atoms with E-state index in [2.05, 4.69) is 20.0 Å². The fourth-order valence-corrected chi connectivity index (χ4v) is 2.41. The number of aliphatic imine (C=N–C) groups is 1. The molecule has 0 aliphatic heterocycles. The number of alkyl halides is 3. The van der Waals surface area contributed by atoms with Crippen molar-refractivity contribution in [2.75, 3.05) is 19.0 Å². The van der Waals surface area contributed by atoms with Crippen LogP contribution in [-0.2, 0) is 9.53 Å². The molecule has 1 heterocycles. The molecule has 0 amide bonds. The van der Waals surface area contributed by atoms with E-state index in [1.165, 1.54) is 7.11 Å². The van der Waals surface area contributed by atoms with Gasteiger partial charge in [-0.1, -0.05) is 17.8 Å². The summed E-state index contributed by atoms with van der Waals surface area (Å²) in [4.78, 5) is 18.6. The van der Waals surface area contributed by atoms with E-state index in [-0.39, 0.29) is 18.3 Å². The molecule has 11 heteroatoms. The van der Waals surface area contributed by atoms with Crippen molar-refractivity contribution in [3.63, 3.8) is 0 Å². The van der Waals surface area contributed by atoms with Crippen molar-refractivity contribution in [2.45, 2.75) is 29.7 Å². The Hall–Kier alpha value is -1.94. The van der Waals surface area contributed by atoms with Crippen LogP contribution in [0, 0.1) is 5.41 Å². The second-order valence-electron chi connectivity index (χ2n) is 4.76. The van der Waals surface area contributed by atoms with Gasteiger partial charge >= 0.3 is 11.4 Å². The number of hydrogen-bond donors (Lipinski definition) is 3. The maximum atomic E-state index is 12.5. The first-order valence-electron chi connectivity index (χ1n) is 7.12. The lowest BCUT2D eigenvalue weighted by Crippen LogP contribution is -2.25. The van der Waals surface area contributed by atoms with Gasteiger partial charge in [0.05, 0.1) is 12.2 Å². The molecule has 0 aliphatic rings. The van der Waals surface area contributed by atoms with Gasteiger partial charge in [-0.15, -0.1) is 0 Å². The number of carbonyl (C=O) groups excluding carboxylic acids is 1. The van der Waals surface area contributed by atoms with E-state index in [1.54, 1.807) is 18.2 Å². The normalized spacial score (nSPS) is 11.9. The van der Waals surface area contributed by atoms with Crippen LogP contribution >= 0.6 is 23.4 Å². The number of guanidine groups is 1. The van der Waals surface area contributed by atoms with Gasteiger partial charge in [0.25, 0.3) is 0 Å². The van der Waals surface area contributed by atoms with E-state index in [4.69, 9.17) is 22.7 Å². The third kappa shape index (κ3) is 9.82. The smallest absolute Gasteiger partial charge is 0.341 e. The summed E-state index contributed by atoms with van der Waals surface area (Å²) >= 11 is 5.86. The molecule has 0 saturated carbocycles. The van der Waals surface area contributed by atoms with Crippen LogP contribution in [0.1, 0.15) is 19.3 Å². The van der Waals surface area contributed by atoms with Crippen LogP contribution in [-0.4, -0.2) is 41.0 Å². The van der Waals surface area contributed by atoms with Crippen molar-refractivity contribution in [1.82, 2.24) is 4.98 Å².